The van der Waals surface area contributed by atoms with E-state index < -0.39 is 30.6 Å². The maximum Gasteiger partial charge on any atom is 0.167 e. The van der Waals surface area contributed by atoms with Crippen molar-refractivity contribution in [2.75, 3.05) is 11.1 Å². The third kappa shape index (κ3) is 3.95. The van der Waals surface area contributed by atoms with E-state index in [1.165, 1.54) is 30.5 Å². The predicted octanol–water partition coefficient (Wildman–Crippen LogP) is 1.70. The van der Waals surface area contributed by atoms with E-state index in [0.717, 1.165) is 19.3 Å². The van der Waals surface area contributed by atoms with Crippen LogP contribution in [0.3, 0.4) is 0 Å². The lowest BCUT2D eigenvalue weighted by Gasteiger charge is -2.18. The highest BCUT2D eigenvalue weighted by atomic mass is 32.2. The number of rotatable bonds is 6. The average molecular weight is 462 g/mol. The Morgan fingerprint density at radius 1 is 1.12 bits per heavy atom. The number of anilines is 1. The molecule has 0 spiro atoms. The summed E-state index contributed by atoms with van der Waals surface area (Å²) in [6, 6.07) is 6.28. The molecule has 0 radical (unpaired) electrons. The van der Waals surface area contributed by atoms with Crippen molar-refractivity contribution in [2.45, 2.75) is 60.8 Å². The monoisotopic (exact) mass is 461 g/mol. The molecule has 0 bridgehead atoms. The predicted molar refractivity (Wildman–Crippen MR) is 116 cm³/mol. The van der Waals surface area contributed by atoms with Crippen molar-refractivity contribution in [3.05, 3.63) is 42.7 Å². The van der Waals surface area contributed by atoms with Gasteiger partial charge >= 0.3 is 0 Å². The number of halogens is 1. The highest BCUT2D eigenvalue weighted by Gasteiger charge is 2.44. The van der Waals surface area contributed by atoms with E-state index in [1.807, 2.05) is 0 Å². The van der Waals surface area contributed by atoms with Gasteiger partial charge in [0.2, 0.25) is 0 Å². The van der Waals surface area contributed by atoms with Gasteiger partial charge in [-0.05, 0) is 31.4 Å². The van der Waals surface area contributed by atoms with Gasteiger partial charge in [0.05, 0.1) is 24.6 Å². The summed E-state index contributed by atoms with van der Waals surface area (Å²) in [6.07, 6.45) is 0.990. The zero-order valence-electron chi connectivity index (χ0n) is 17.1. The molecular formula is C21H24FN5O4S. The van der Waals surface area contributed by atoms with Crippen LogP contribution in [0.1, 0.15) is 25.5 Å². The van der Waals surface area contributed by atoms with Crippen molar-refractivity contribution in [3.8, 4) is 0 Å². The second-order valence-electron chi connectivity index (χ2n) is 8.08. The van der Waals surface area contributed by atoms with Crippen LogP contribution in [-0.4, -0.2) is 71.0 Å². The molecule has 4 N–H and O–H groups in total. The largest absolute Gasteiger partial charge is 0.391 e. The third-order valence-corrected chi connectivity index (χ3v) is 7.15. The van der Waals surface area contributed by atoms with Crippen LogP contribution < -0.4 is 5.32 Å². The number of thioether (sulfide) groups is 1. The number of nitrogens with zero attached hydrogens (tertiary/aromatic N) is 4. The highest BCUT2D eigenvalue weighted by Crippen LogP contribution is 2.35. The van der Waals surface area contributed by atoms with Crippen LogP contribution in [0.5, 0.6) is 0 Å². The van der Waals surface area contributed by atoms with Crippen molar-refractivity contribution >= 4 is 28.7 Å². The van der Waals surface area contributed by atoms with E-state index in [4.69, 9.17) is 4.74 Å². The van der Waals surface area contributed by atoms with Crippen LogP contribution in [-0.2, 0) is 4.74 Å². The van der Waals surface area contributed by atoms with Gasteiger partial charge < -0.3 is 25.4 Å². The van der Waals surface area contributed by atoms with Crippen molar-refractivity contribution in [1.82, 2.24) is 19.5 Å². The molecule has 1 aromatic carbocycles. The van der Waals surface area contributed by atoms with Crippen molar-refractivity contribution in [2.24, 2.45) is 0 Å². The zero-order valence-corrected chi connectivity index (χ0v) is 17.9. The van der Waals surface area contributed by atoms with Gasteiger partial charge in [-0.15, -0.1) is 11.8 Å². The molecule has 11 heteroatoms. The quantitative estimate of drug-likeness (QED) is 0.406. The summed E-state index contributed by atoms with van der Waals surface area (Å²) in [4.78, 5) is 13.4. The molecule has 1 saturated carbocycles. The molecule has 1 saturated heterocycles. The summed E-state index contributed by atoms with van der Waals surface area (Å²) in [5.41, 5.74) is 0.926. The zero-order chi connectivity index (χ0) is 22.2. The fraction of sp³-hybridized carbons (Fsp3) is 0.476. The molecule has 0 amide bonds. The number of imidazole rings is 1. The average Bonchev–Trinajstić information content (AvgIpc) is 3.47. The molecule has 3 aromatic rings. The number of aliphatic hydroxyl groups excluding tert-OH is 3. The van der Waals surface area contributed by atoms with E-state index in [9.17, 15) is 19.7 Å². The maximum atomic E-state index is 13.9. The topological polar surface area (TPSA) is 126 Å². The Balaban J connectivity index is 1.34. The smallest absolute Gasteiger partial charge is 0.167 e. The molecule has 170 valence electrons. The van der Waals surface area contributed by atoms with Crippen LogP contribution in [0.15, 0.2) is 41.8 Å². The molecular weight excluding hydrogens is 437 g/mol. The van der Waals surface area contributed by atoms with Crippen molar-refractivity contribution < 1.29 is 24.4 Å². The minimum absolute atomic E-state index is 0.104. The summed E-state index contributed by atoms with van der Waals surface area (Å²) in [7, 11) is 0. The first-order valence-electron chi connectivity index (χ1n) is 10.5. The minimum Gasteiger partial charge on any atom is -0.391 e. The standard InChI is InChI=1S/C21H24FN5O4S/c22-11-4-1-2-7-15(11)32-8-14-17(29)18(30)21(31-14)27-10-25-16-19(23-9-24-20(16)27)26-12-5-3-6-13(12)28/h1-2,4,7,9-10,12-14,17-18,21,28-30H,3,5-6,8H2,(H,23,24,26)/t12-,13-,14-,17-,18+,21?/m1/s1. The normalized spacial score (nSPS) is 30.2. The molecule has 2 fully saturated rings. The van der Waals surface area contributed by atoms with E-state index in [-0.39, 0.29) is 17.6 Å². The molecule has 3 heterocycles. The lowest BCUT2D eigenvalue weighted by molar-refractivity contribution is -0.0289. The highest BCUT2D eigenvalue weighted by molar-refractivity contribution is 7.99. The summed E-state index contributed by atoms with van der Waals surface area (Å²) < 4.78 is 21.4. The second-order valence-corrected chi connectivity index (χ2v) is 9.14. The summed E-state index contributed by atoms with van der Waals surface area (Å²) in [5.74, 6) is 0.426. The summed E-state index contributed by atoms with van der Waals surface area (Å²) in [5, 5.41) is 34.5. The van der Waals surface area contributed by atoms with Gasteiger partial charge in [-0.1, -0.05) is 12.1 Å². The van der Waals surface area contributed by atoms with E-state index in [1.54, 1.807) is 22.8 Å². The van der Waals surface area contributed by atoms with E-state index >= 15 is 0 Å². The molecule has 5 rings (SSSR count). The molecule has 9 nitrogen and oxygen atoms in total. The van der Waals surface area contributed by atoms with Gasteiger partial charge in [0.25, 0.3) is 0 Å². The first-order chi connectivity index (χ1) is 15.5. The fourth-order valence-electron chi connectivity index (χ4n) is 4.26. The molecule has 2 aromatic heterocycles. The van der Waals surface area contributed by atoms with Crippen molar-refractivity contribution in [1.29, 1.82) is 0 Å². The fourth-order valence-corrected chi connectivity index (χ4v) is 5.26. The van der Waals surface area contributed by atoms with Gasteiger partial charge in [-0.2, -0.15) is 0 Å². The third-order valence-electron chi connectivity index (χ3n) is 6.01. The van der Waals surface area contributed by atoms with Crippen LogP contribution in [0.4, 0.5) is 10.2 Å². The number of benzene rings is 1. The van der Waals surface area contributed by atoms with E-state index in [2.05, 4.69) is 20.3 Å². The Kier molecular flexibility index (Phi) is 5.99. The molecule has 1 aliphatic heterocycles. The second kappa shape index (κ2) is 8.91. The number of ether oxygens (including phenoxy) is 1. The maximum absolute atomic E-state index is 13.9. The number of hydrogen-bond acceptors (Lipinski definition) is 9. The number of aliphatic hydroxyl groups is 3. The lowest BCUT2D eigenvalue weighted by Crippen LogP contribution is -2.32. The molecule has 1 aliphatic carbocycles. The number of aromatic nitrogens is 4. The Morgan fingerprint density at radius 2 is 1.97 bits per heavy atom. The SMILES string of the molecule is O[C@H]1[C@H](O)C(n2cnc3c(N[C@@H]4CCC[C@H]4O)ncnc32)O[C@@H]1CSc1ccccc1F. The first-order valence-corrected chi connectivity index (χ1v) is 11.5. The Morgan fingerprint density at radius 3 is 2.75 bits per heavy atom. The van der Waals surface area contributed by atoms with Gasteiger partial charge in [0.1, 0.15) is 24.4 Å². The van der Waals surface area contributed by atoms with Gasteiger partial charge in [0, 0.05) is 10.6 Å². The number of hydrogen-bond donors (Lipinski definition) is 4. The molecule has 2 aliphatic rings. The van der Waals surface area contributed by atoms with E-state index in [0.29, 0.717) is 21.9 Å². The van der Waals surface area contributed by atoms with Crippen LogP contribution in [0.2, 0.25) is 0 Å². The lowest BCUT2D eigenvalue weighted by atomic mass is 10.1. The van der Waals surface area contributed by atoms with Gasteiger partial charge in [0.15, 0.2) is 23.2 Å². The van der Waals surface area contributed by atoms with Gasteiger partial charge in [-0.25, -0.2) is 19.3 Å². The van der Waals surface area contributed by atoms with Crippen LogP contribution >= 0.6 is 11.8 Å². The molecule has 32 heavy (non-hydrogen) atoms. The molecule has 6 atom stereocenters. The molecule has 1 unspecified atom stereocenters. The Bertz CT molecular complexity index is 1100. The summed E-state index contributed by atoms with van der Waals surface area (Å²) in [6.45, 7) is 0. The Hall–Kier alpha value is -2.31. The minimum atomic E-state index is -1.21. The first kappa shape index (κ1) is 21.5. The van der Waals surface area contributed by atoms with Gasteiger partial charge in [-0.3, -0.25) is 4.57 Å². The van der Waals surface area contributed by atoms with Crippen molar-refractivity contribution in [3.63, 3.8) is 0 Å². The number of nitrogens with one attached hydrogen (secondary N) is 1. The summed E-state index contributed by atoms with van der Waals surface area (Å²) >= 11 is 1.22. The van der Waals surface area contributed by atoms with Crippen LogP contribution in [0.25, 0.3) is 11.2 Å². The number of fused-ring (bicyclic) bond motifs is 1. The Labute approximate surface area is 187 Å². The van der Waals surface area contributed by atoms with Crippen LogP contribution in [0, 0.1) is 5.82 Å².